The fraction of sp³-hybridized carbons (Fsp3) is 0.500. The van der Waals surface area contributed by atoms with Crippen LogP contribution in [0.25, 0.3) is 16.9 Å². The summed E-state index contributed by atoms with van der Waals surface area (Å²) in [5.41, 5.74) is 2.83. The van der Waals surface area contributed by atoms with E-state index in [1.165, 1.54) is 0 Å². The zero-order valence-corrected chi connectivity index (χ0v) is 30.5. The largest absolute Gasteiger partial charge is 0.494 e. The fourth-order valence-corrected chi connectivity index (χ4v) is 6.15. The molecule has 0 bridgehead atoms. The third-order valence-corrected chi connectivity index (χ3v) is 8.87. The maximum atomic E-state index is 14.0. The molecule has 2 aliphatic rings. The van der Waals surface area contributed by atoms with E-state index in [1.54, 1.807) is 33.7 Å². The summed E-state index contributed by atoms with van der Waals surface area (Å²) in [6.45, 7) is 12.3. The van der Waals surface area contributed by atoms with Crippen LogP contribution in [0.2, 0.25) is 0 Å². The molecule has 3 aromatic heterocycles. The van der Waals surface area contributed by atoms with Crippen LogP contribution in [0.5, 0.6) is 5.75 Å². The number of rotatable bonds is 9. The Labute approximate surface area is 298 Å². The van der Waals surface area contributed by atoms with Crippen molar-refractivity contribution in [3.05, 3.63) is 66.0 Å². The fourth-order valence-electron chi connectivity index (χ4n) is 6.15. The average Bonchev–Trinajstić information content (AvgIpc) is 3.83. The summed E-state index contributed by atoms with van der Waals surface area (Å²) >= 11 is 0. The minimum Gasteiger partial charge on any atom is -0.494 e. The van der Waals surface area contributed by atoms with Gasteiger partial charge in [-0.15, -0.1) is 0 Å². The lowest BCUT2D eigenvalue weighted by Gasteiger charge is -2.36. The average molecular weight is 700 g/mol. The Hall–Kier alpha value is -4.91. The van der Waals surface area contributed by atoms with Gasteiger partial charge in [0.25, 0.3) is 0 Å². The van der Waals surface area contributed by atoms with E-state index in [9.17, 15) is 14.7 Å². The first-order chi connectivity index (χ1) is 24.2. The molecule has 2 amide bonds. The van der Waals surface area contributed by atoms with E-state index in [0.717, 1.165) is 35.2 Å². The van der Waals surface area contributed by atoms with Gasteiger partial charge in [-0.3, -0.25) is 9.88 Å². The van der Waals surface area contributed by atoms with Crippen LogP contribution in [-0.4, -0.2) is 85.8 Å². The van der Waals surface area contributed by atoms with Gasteiger partial charge in [-0.05, 0) is 84.4 Å². The van der Waals surface area contributed by atoms with Gasteiger partial charge in [0.05, 0.1) is 32.5 Å². The van der Waals surface area contributed by atoms with Crippen molar-refractivity contribution in [1.82, 2.24) is 24.5 Å². The molecule has 2 N–H and O–H groups in total. The number of methoxy groups -OCH3 is 1. The first kappa shape index (κ1) is 35.9. The molecule has 2 atom stereocenters. The molecule has 51 heavy (non-hydrogen) atoms. The van der Waals surface area contributed by atoms with Crippen LogP contribution in [0.4, 0.5) is 21.2 Å². The number of aliphatic hydroxyl groups excluding tert-OH is 1. The van der Waals surface area contributed by atoms with Crippen molar-refractivity contribution >= 4 is 29.5 Å². The molecule has 1 aromatic carbocycles. The lowest BCUT2D eigenvalue weighted by atomic mass is 9.94. The molecule has 2 fully saturated rings. The molecular weight excluding hydrogens is 650 g/mol. The second-order valence-electron chi connectivity index (χ2n) is 15.4. The Kier molecular flexibility index (Phi) is 10.1. The summed E-state index contributed by atoms with van der Waals surface area (Å²) in [6.07, 6.45) is 4.58. The summed E-state index contributed by atoms with van der Waals surface area (Å²) in [7, 11) is 1.62. The van der Waals surface area contributed by atoms with E-state index in [0.29, 0.717) is 48.5 Å². The Bertz CT molecular complexity index is 1860. The zero-order chi connectivity index (χ0) is 36.5. The van der Waals surface area contributed by atoms with Crippen molar-refractivity contribution in [2.75, 3.05) is 37.0 Å². The predicted molar refractivity (Wildman–Crippen MR) is 194 cm³/mol. The third-order valence-electron chi connectivity index (χ3n) is 8.87. The Morgan fingerprint density at radius 2 is 1.75 bits per heavy atom. The molecule has 0 unspecified atom stereocenters. The Balaban J connectivity index is 1.28. The van der Waals surface area contributed by atoms with E-state index in [4.69, 9.17) is 24.3 Å². The van der Waals surface area contributed by atoms with Crippen molar-refractivity contribution in [3.8, 4) is 17.0 Å². The monoisotopic (exact) mass is 699 g/mol. The number of hydrogen-bond acceptors (Lipinski definition) is 10. The van der Waals surface area contributed by atoms with Crippen LogP contribution in [0.15, 0.2) is 54.9 Å². The molecule has 4 heterocycles. The van der Waals surface area contributed by atoms with E-state index in [2.05, 4.69) is 10.3 Å². The van der Waals surface area contributed by atoms with E-state index >= 15 is 0 Å². The van der Waals surface area contributed by atoms with Gasteiger partial charge in [0.15, 0.2) is 5.65 Å². The second-order valence-corrected chi connectivity index (χ2v) is 15.4. The molecule has 13 heteroatoms. The van der Waals surface area contributed by atoms with Gasteiger partial charge in [-0.25, -0.2) is 14.6 Å². The minimum atomic E-state index is -0.744. The van der Waals surface area contributed by atoms with Crippen LogP contribution in [0.1, 0.15) is 77.8 Å². The van der Waals surface area contributed by atoms with Crippen molar-refractivity contribution in [3.63, 3.8) is 0 Å². The smallest absolute Gasteiger partial charge is 0.416 e. The van der Waals surface area contributed by atoms with Gasteiger partial charge in [0.1, 0.15) is 34.3 Å². The molecule has 272 valence electrons. The number of nitrogens with zero attached hydrogens (tertiary/aromatic N) is 6. The number of fused-ring (bicyclic) bond motifs is 1. The molecule has 0 radical (unpaired) electrons. The molecule has 1 aliphatic carbocycles. The lowest BCUT2D eigenvalue weighted by molar-refractivity contribution is -0.0104. The summed E-state index contributed by atoms with van der Waals surface area (Å²) in [6, 6.07) is 13.3. The molecule has 1 saturated carbocycles. The number of aliphatic hydroxyl groups is 1. The Morgan fingerprint density at radius 3 is 2.39 bits per heavy atom. The first-order valence-corrected chi connectivity index (χ1v) is 17.6. The number of benzene rings is 1. The molecule has 1 aliphatic heterocycles. The van der Waals surface area contributed by atoms with Gasteiger partial charge in [0.2, 0.25) is 0 Å². The normalized spacial score (nSPS) is 18.0. The van der Waals surface area contributed by atoms with Gasteiger partial charge < -0.3 is 29.5 Å². The van der Waals surface area contributed by atoms with Crippen LogP contribution in [0, 0.1) is 5.92 Å². The molecule has 0 spiro atoms. The van der Waals surface area contributed by atoms with Gasteiger partial charge in [0, 0.05) is 42.4 Å². The van der Waals surface area contributed by atoms with Crippen LogP contribution in [-0.2, 0) is 16.0 Å². The quantitative estimate of drug-likeness (QED) is 0.195. The van der Waals surface area contributed by atoms with Gasteiger partial charge >= 0.3 is 12.2 Å². The van der Waals surface area contributed by atoms with Crippen molar-refractivity contribution in [1.29, 1.82) is 0 Å². The van der Waals surface area contributed by atoms with E-state index < -0.39 is 29.5 Å². The number of amides is 2. The molecule has 1 saturated heterocycles. The van der Waals surface area contributed by atoms with E-state index in [-0.39, 0.29) is 19.0 Å². The van der Waals surface area contributed by atoms with Crippen LogP contribution < -0.4 is 15.0 Å². The molecule has 13 nitrogen and oxygen atoms in total. The highest BCUT2D eigenvalue weighted by Crippen LogP contribution is 2.42. The summed E-state index contributed by atoms with van der Waals surface area (Å²) in [5.74, 6) is 1.96. The summed E-state index contributed by atoms with van der Waals surface area (Å²) in [5, 5.41) is 19.2. The first-order valence-electron chi connectivity index (χ1n) is 17.6. The maximum absolute atomic E-state index is 14.0. The van der Waals surface area contributed by atoms with Gasteiger partial charge in [-0.2, -0.15) is 9.61 Å². The number of nitrogens with one attached hydrogen (secondary N) is 1. The number of anilines is 2. The van der Waals surface area contributed by atoms with E-state index in [1.807, 2.05) is 84.1 Å². The highest BCUT2D eigenvalue weighted by Gasteiger charge is 2.34. The number of ether oxygens (including phenoxy) is 3. The van der Waals surface area contributed by atoms with Crippen LogP contribution >= 0.6 is 0 Å². The number of hydrogen-bond donors (Lipinski definition) is 2. The van der Waals surface area contributed by atoms with Crippen molar-refractivity contribution in [2.45, 2.75) is 90.6 Å². The number of pyridine rings is 1. The third kappa shape index (κ3) is 8.70. The summed E-state index contributed by atoms with van der Waals surface area (Å²) in [4.78, 5) is 39.2. The molecule has 4 aromatic rings. The molecule has 6 rings (SSSR count). The number of carbonyl (C=O) groups excluding carboxylic acids is 2. The second kappa shape index (κ2) is 14.4. The highest BCUT2D eigenvalue weighted by molar-refractivity contribution is 5.88. The van der Waals surface area contributed by atoms with Crippen molar-refractivity contribution in [2.24, 2.45) is 5.92 Å². The lowest BCUT2D eigenvalue weighted by Crippen LogP contribution is -2.49. The van der Waals surface area contributed by atoms with Gasteiger partial charge in [-0.1, -0.05) is 24.3 Å². The highest BCUT2D eigenvalue weighted by atomic mass is 16.6. The number of aromatic nitrogens is 4. The topological polar surface area (TPSA) is 144 Å². The predicted octanol–water partition coefficient (Wildman–Crippen LogP) is 6.65. The number of likely N-dealkylation sites (tertiary alicyclic amines) is 1. The summed E-state index contributed by atoms with van der Waals surface area (Å²) < 4.78 is 18.7. The molecular formula is C38H49N7O6. The number of β-amino-alcohol motifs (C(OH)–C–C–N with tert-alkyl or cyclic N) is 1. The number of carbonyl (C=O) groups is 2. The SMILES string of the molecule is COc1cccnc1-c1ccc(CN(C(=O)OC(C)(C)C)c2cc(NC[C@H]3CCN(C(=O)OC(C)(C)C)C[C@@H]3O)nc3c(C4CC4)cnn23)cc1. The maximum Gasteiger partial charge on any atom is 0.416 e. The van der Waals surface area contributed by atoms with Crippen LogP contribution in [0.3, 0.4) is 0 Å². The number of piperidine rings is 1. The Morgan fingerprint density at radius 1 is 1.02 bits per heavy atom. The minimum absolute atomic E-state index is 0.129. The van der Waals surface area contributed by atoms with Crippen molar-refractivity contribution < 1.29 is 28.9 Å². The zero-order valence-electron chi connectivity index (χ0n) is 30.5. The standard InChI is InChI=1S/C38H49N7O6/c1-37(2,3)50-35(47)43-18-16-27(29(46)23-43)20-40-31-19-32(45-34(42-31)28(21-41-45)25-14-15-25)44(36(48)51-38(4,5)6)22-24-10-12-26(13-11-24)33-30(49-7)9-8-17-39-33/h8-13,17,19,21,25,27,29,46H,14-16,18,20,22-23H2,1-7H3,(H,40,42)/t27-,29+/m1/s1.